The number of carboxylic acid groups (broad SMARTS) is 1. The largest absolute Gasteiger partial charge is 0.598 e. The molecule has 6 heteroatoms. The Morgan fingerprint density at radius 2 is 2.05 bits per heavy atom. The fraction of sp³-hybridized carbons (Fsp3) is 0.923. The molecule has 3 N–H and O–H groups in total. The fourth-order valence-corrected chi connectivity index (χ4v) is 3.31. The van der Waals surface area contributed by atoms with Crippen LogP contribution in [0.25, 0.3) is 0 Å². The van der Waals surface area contributed by atoms with Crippen LogP contribution in [0.4, 0.5) is 4.79 Å². The molecule has 0 radical (unpaired) electrons. The zero-order valence-corrected chi connectivity index (χ0v) is 13.0. The molecule has 0 aliphatic heterocycles. The van der Waals surface area contributed by atoms with Crippen molar-refractivity contribution in [1.82, 2.24) is 10.0 Å². The third-order valence-electron chi connectivity index (χ3n) is 3.60. The highest BCUT2D eigenvalue weighted by Gasteiger charge is 2.33. The molecule has 1 aliphatic carbocycles. The van der Waals surface area contributed by atoms with Crippen LogP contribution in [-0.4, -0.2) is 32.6 Å². The number of nitrogens with one attached hydrogen (secondary N) is 2. The summed E-state index contributed by atoms with van der Waals surface area (Å²) in [6, 6.07) is 0.169. The van der Waals surface area contributed by atoms with Crippen LogP contribution in [0.3, 0.4) is 0 Å². The van der Waals surface area contributed by atoms with Gasteiger partial charge in [0, 0.05) is 17.4 Å². The van der Waals surface area contributed by atoms with E-state index in [0.29, 0.717) is 5.92 Å². The van der Waals surface area contributed by atoms with Gasteiger partial charge in [0.15, 0.2) is 0 Å². The minimum atomic E-state index is -1.08. The fourth-order valence-electron chi connectivity index (χ4n) is 2.43. The van der Waals surface area contributed by atoms with Crippen LogP contribution >= 0.6 is 0 Å². The summed E-state index contributed by atoms with van der Waals surface area (Å²) < 4.78 is 15.0. The topological polar surface area (TPSA) is 84.4 Å². The summed E-state index contributed by atoms with van der Waals surface area (Å²) in [5.41, 5.74) is 0. The van der Waals surface area contributed by atoms with Crippen LogP contribution in [0.5, 0.6) is 0 Å². The van der Waals surface area contributed by atoms with Crippen LogP contribution < -0.4 is 10.0 Å². The molecule has 112 valence electrons. The van der Waals surface area contributed by atoms with Crippen molar-refractivity contribution in [2.24, 2.45) is 5.92 Å². The van der Waals surface area contributed by atoms with Gasteiger partial charge in [-0.1, -0.05) is 6.42 Å². The molecule has 1 saturated carbocycles. The van der Waals surface area contributed by atoms with Gasteiger partial charge >= 0.3 is 6.09 Å². The van der Waals surface area contributed by atoms with E-state index in [1.54, 1.807) is 0 Å². The van der Waals surface area contributed by atoms with Gasteiger partial charge in [0.2, 0.25) is 0 Å². The predicted octanol–water partition coefficient (Wildman–Crippen LogP) is 2.25. The molecule has 1 fully saturated rings. The van der Waals surface area contributed by atoms with Crippen LogP contribution in [0.15, 0.2) is 0 Å². The first-order valence-corrected chi connectivity index (χ1v) is 8.02. The molecule has 0 bridgehead atoms. The van der Waals surface area contributed by atoms with E-state index in [1.807, 2.05) is 27.7 Å². The number of hydrogen-bond donors (Lipinski definition) is 3. The van der Waals surface area contributed by atoms with E-state index < -0.39 is 17.5 Å². The molecule has 1 aliphatic rings. The van der Waals surface area contributed by atoms with Gasteiger partial charge in [-0.3, -0.25) is 0 Å². The van der Waals surface area contributed by atoms with Gasteiger partial charge in [0.25, 0.3) is 0 Å². The molecule has 0 aromatic carbocycles. The number of rotatable bonds is 4. The first-order valence-electron chi connectivity index (χ1n) is 6.87. The number of carbonyl (C=O) groups is 1. The van der Waals surface area contributed by atoms with E-state index in [2.05, 4.69) is 10.0 Å². The lowest BCUT2D eigenvalue weighted by Crippen LogP contribution is -2.48. The highest BCUT2D eigenvalue weighted by atomic mass is 32.2. The molecule has 0 aromatic heterocycles. The third kappa shape index (κ3) is 5.58. The number of amides is 1. The van der Waals surface area contributed by atoms with Crippen molar-refractivity contribution in [1.29, 1.82) is 0 Å². The maximum absolute atomic E-state index is 12.1. The van der Waals surface area contributed by atoms with Gasteiger partial charge in [-0.2, -0.15) is 0 Å². The van der Waals surface area contributed by atoms with Gasteiger partial charge in [-0.15, -0.1) is 4.72 Å². The summed E-state index contributed by atoms with van der Waals surface area (Å²) in [7, 11) is 0. The van der Waals surface area contributed by atoms with Crippen LogP contribution in [-0.2, 0) is 11.4 Å². The summed E-state index contributed by atoms with van der Waals surface area (Å²) in [5, 5.41) is 11.3. The molecule has 19 heavy (non-hydrogen) atoms. The quantitative estimate of drug-likeness (QED) is 0.693. The van der Waals surface area contributed by atoms with Gasteiger partial charge < -0.3 is 15.0 Å². The lowest BCUT2D eigenvalue weighted by atomic mass is 9.82. The van der Waals surface area contributed by atoms with Gasteiger partial charge in [0.1, 0.15) is 4.75 Å². The molecule has 0 aromatic rings. The molecule has 1 rings (SSSR count). The van der Waals surface area contributed by atoms with Crippen molar-refractivity contribution < 1.29 is 14.5 Å². The maximum Gasteiger partial charge on any atom is 0.404 e. The van der Waals surface area contributed by atoms with E-state index >= 15 is 0 Å². The minimum absolute atomic E-state index is 0.0311. The van der Waals surface area contributed by atoms with Crippen molar-refractivity contribution in [3.63, 3.8) is 0 Å². The molecule has 0 heterocycles. The Labute approximate surface area is 118 Å². The smallest absolute Gasteiger partial charge is 0.404 e. The van der Waals surface area contributed by atoms with Crippen molar-refractivity contribution >= 4 is 17.5 Å². The first-order chi connectivity index (χ1) is 8.70. The molecular weight excluding hydrogens is 264 g/mol. The van der Waals surface area contributed by atoms with E-state index in [1.165, 1.54) is 0 Å². The lowest BCUT2D eigenvalue weighted by Gasteiger charge is -2.34. The van der Waals surface area contributed by atoms with Crippen molar-refractivity contribution in [2.75, 3.05) is 0 Å². The Morgan fingerprint density at radius 1 is 1.42 bits per heavy atom. The van der Waals surface area contributed by atoms with E-state index in [-0.39, 0.29) is 16.8 Å². The summed E-state index contributed by atoms with van der Waals surface area (Å²) >= 11 is -1.08. The Balaban J connectivity index is 2.48. The summed E-state index contributed by atoms with van der Waals surface area (Å²) in [6.07, 6.45) is 2.85. The molecular formula is C13H26N2O3S. The highest BCUT2D eigenvalue weighted by Crippen LogP contribution is 2.28. The standard InChI is InChI=1S/C13H26N2O3S/c1-9(15-19(18)13(2,3)4)10-6-5-7-11(8-10)14-12(16)17/h9-11,14-15H,5-8H2,1-4H3,(H,16,17)/t9-,10+,11-,19-/m0/s1. The summed E-state index contributed by atoms with van der Waals surface area (Å²) in [4.78, 5) is 10.7. The summed E-state index contributed by atoms with van der Waals surface area (Å²) in [5.74, 6) is 0.372. The molecule has 5 nitrogen and oxygen atoms in total. The van der Waals surface area contributed by atoms with E-state index in [4.69, 9.17) is 5.11 Å². The second kappa shape index (κ2) is 6.81. The van der Waals surface area contributed by atoms with E-state index in [0.717, 1.165) is 25.7 Å². The Hall–Kier alpha value is -0.460. The average Bonchev–Trinajstić information content (AvgIpc) is 2.27. The Kier molecular flexibility index (Phi) is 5.95. The SMILES string of the molecule is C[C@H](N[S@@+]([O-])C(C)(C)C)[C@@H]1CCC[C@H](NC(=O)O)C1. The normalized spacial score (nSPS) is 27.6. The summed E-state index contributed by atoms with van der Waals surface area (Å²) in [6.45, 7) is 7.87. The van der Waals surface area contributed by atoms with Gasteiger partial charge in [-0.25, -0.2) is 4.79 Å². The monoisotopic (exact) mass is 290 g/mol. The van der Waals surface area contributed by atoms with Crippen molar-refractivity contribution in [2.45, 2.75) is 70.2 Å². The van der Waals surface area contributed by atoms with Crippen LogP contribution in [0, 0.1) is 5.92 Å². The minimum Gasteiger partial charge on any atom is -0.598 e. The lowest BCUT2D eigenvalue weighted by molar-refractivity contribution is 0.178. The molecule has 1 amide bonds. The number of hydrogen-bond acceptors (Lipinski definition) is 3. The average molecular weight is 290 g/mol. The van der Waals surface area contributed by atoms with Crippen molar-refractivity contribution in [3.8, 4) is 0 Å². The maximum atomic E-state index is 12.1. The Bertz CT molecular complexity index is 307. The molecule has 4 atom stereocenters. The van der Waals surface area contributed by atoms with Gasteiger partial charge in [-0.05, 0) is 52.9 Å². The second-order valence-corrected chi connectivity index (χ2v) is 8.36. The van der Waals surface area contributed by atoms with E-state index in [9.17, 15) is 9.35 Å². The zero-order valence-electron chi connectivity index (χ0n) is 12.2. The zero-order chi connectivity index (χ0) is 14.6. The highest BCUT2D eigenvalue weighted by molar-refractivity contribution is 7.90. The predicted molar refractivity (Wildman–Crippen MR) is 77.4 cm³/mol. The van der Waals surface area contributed by atoms with Crippen LogP contribution in [0.2, 0.25) is 0 Å². The first kappa shape index (κ1) is 16.6. The molecule has 0 unspecified atom stereocenters. The Morgan fingerprint density at radius 3 is 2.58 bits per heavy atom. The third-order valence-corrected chi connectivity index (χ3v) is 5.30. The molecule has 0 spiro atoms. The van der Waals surface area contributed by atoms with Gasteiger partial charge in [0.05, 0.1) is 6.04 Å². The molecule has 0 saturated heterocycles. The second-order valence-electron chi connectivity index (χ2n) is 6.36. The van der Waals surface area contributed by atoms with Crippen molar-refractivity contribution in [3.05, 3.63) is 0 Å². The van der Waals surface area contributed by atoms with Crippen LogP contribution in [0.1, 0.15) is 53.4 Å².